The zero-order valence-electron chi connectivity index (χ0n) is 13.1. The highest BCUT2D eigenvalue weighted by Crippen LogP contribution is 2.19. The predicted molar refractivity (Wildman–Crippen MR) is 79.4 cm³/mol. The summed E-state index contributed by atoms with van der Waals surface area (Å²) in [6, 6.07) is -0.102. The molecule has 0 saturated carbocycles. The number of ether oxygens (including phenoxy) is 1. The van der Waals surface area contributed by atoms with Gasteiger partial charge in [-0.2, -0.15) is 0 Å². The van der Waals surface area contributed by atoms with E-state index in [0.29, 0.717) is 12.2 Å². The largest absolute Gasteiger partial charge is 0.447 e. The molecule has 2 rings (SSSR count). The molecule has 8 nitrogen and oxygen atoms in total. The Morgan fingerprint density at radius 1 is 1.45 bits per heavy atom. The van der Waals surface area contributed by atoms with Crippen LogP contribution in [0.4, 0.5) is 4.79 Å². The smallest absolute Gasteiger partial charge is 0.406 e. The molecule has 1 aromatic heterocycles. The summed E-state index contributed by atoms with van der Waals surface area (Å²) < 4.78 is 6.78. The number of carbonyl (C=O) groups is 2. The van der Waals surface area contributed by atoms with Crippen LogP contribution >= 0.6 is 0 Å². The molecule has 0 spiro atoms. The Morgan fingerprint density at radius 3 is 3.00 bits per heavy atom. The van der Waals surface area contributed by atoms with E-state index in [1.54, 1.807) is 15.8 Å². The first-order chi connectivity index (χ1) is 10.7. The van der Waals surface area contributed by atoms with Crippen LogP contribution in [0.5, 0.6) is 0 Å². The van der Waals surface area contributed by atoms with Gasteiger partial charge in [-0.3, -0.25) is 9.48 Å². The number of nitrogens with one attached hydrogen (secondary N) is 1. The van der Waals surface area contributed by atoms with Crippen LogP contribution < -0.4 is 5.32 Å². The van der Waals surface area contributed by atoms with E-state index in [-0.39, 0.29) is 18.6 Å². The summed E-state index contributed by atoms with van der Waals surface area (Å²) in [5.74, 6) is -0.146. The second-order valence-corrected chi connectivity index (χ2v) is 5.36. The fourth-order valence-electron chi connectivity index (χ4n) is 2.57. The fraction of sp³-hybridized carbons (Fsp3) is 0.714. The van der Waals surface area contributed by atoms with Crippen LogP contribution in [0, 0.1) is 0 Å². The molecular weight excluding hydrogens is 286 g/mol. The van der Waals surface area contributed by atoms with Gasteiger partial charge in [-0.1, -0.05) is 12.1 Å². The first kappa shape index (κ1) is 16.3. The lowest BCUT2D eigenvalue weighted by Crippen LogP contribution is -2.47. The van der Waals surface area contributed by atoms with Gasteiger partial charge in [0, 0.05) is 20.1 Å². The second kappa shape index (κ2) is 7.77. The van der Waals surface area contributed by atoms with Gasteiger partial charge in [-0.15, -0.1) is 5.10 Å². The molecule has 1 fully saturated rings. The number of hydrogen-bond donors (Lipinski definition) is 1. The third kappa shape index (κ3) is 3.96. The molecule has 8 heteroatoms. The minimum atomic E-state index is -0.480. The summed E-state index contributed by atoms with van der Waals surface area (Å²) in [5.41, 5.74) is 0.347. The number of likely N-dealkylation sites (tertiary alicyclic amines) is 1. The maximum absolute atomic E-state index is 12.6. The molecule has 0 radical (unpaired) electrons. The lowest BCUT2D eigenvalue weighted by atomic mass is 10.0. The summed E-state index contributed by atoms with van der Waals surface area (Å²) in [4.78, 5) is 25.6. The standard InChI is InChI=1S/C14H23N5O3/c1-3-7-18-9-12(16-17-18)13(20)19-8-5-4-6-11(19)10-22-14(21)15-2/h9,11H,3-8,10H2,1-2H3,(H,15,21). The van der Waals surface area contributed by atoms with Crippen molar-refractivity contribution in [3.63, 3.8) is 0 Å². The number of rotatable bonds is 5. The van der Waals surface area contributed by atoms with E-state index in [1.807, 2.05) is 6.92 Å². The maximum atomic E-state index is 12.6. The summed E-state index contributed by atoms with van der Waals surface area (Å²) >= 11 is 0. The maximum Gasteiger partial charge on any atom is 0.406 e. The van der Waals surface area contributed by atoms with Gasteiger partial charge in [0.05, 0.1) is 12.2 Å². The molecule has 0 aliphatic carbocycles. The normalized spacial score (nSPS) is 18.1. The van der Waals surface area contributed by atoms with Crippen molar-refractivity contribution >= 4 is 12.0 Å². The van der Waals surface area contributed by atoms with Gasteiger partial charge in [-0.25, -0.2) is 4.79 Å². The molecule has 22 heavy (non-hydrogen) atoms. The van der Waals surface area contributed by atoms with Crippen LogP contribution in [0.25, 0.3) is 0 Å². The van der Waals surface area contributed by atoms with Crippen molar-refractivity contribution in [1.29, 1.82) is 0 Å². The number of hydrogen-bond acceptors (Lipinski definition) is 5. The average Bonchev–Trinajstić information content (AvgIpc) is 3.01. The SMILES string of the molecule is CCCn1cc(C(=O)N2CCCCC2COC(=O)NC)nn1. The Labute approximate surface area is 129 Å². The summed E-state index contributed by atoms with van der Waals surface area (Å²) in [7, 11) is 1.51. The molecule has 122 valence electrons. The van der Waals surface area contributed by atoms with Gasteiger partial charge in [-0.05, 0) is 25.7 Å². The lowest BCUT2D eigenvalue weighted by Gasteiger charge is -2.34. The van der Waals surface area contributed by atoms with E-state index in [4.69, 9.17) is 4.74 Å². The van der Waals surface area contributed by atoms with E-state index in [0.717, 1.165) is 32.2 Å². The van der Waals surface area contributed by atoms with E-state index >= 15 is 0 Å². The Hall–Kier alpha value is -2.12. The van der Waals surface area contributed by atoms with Crippen LogP contribution in [0.3, 0.4) is 0 Å². The van der Waals surface area contributed by atoms with Gasteiger partial charge in [0.2, 0.25) is 0 Å². The highest BCUT2D eigenvalue weighted by Gasteiger charge is 2.29. The molecule has 1 atom stereocenters. The Bertz CT molecular complexity index is 516. The highest BCUT2D eigenvalue weighted by molar-refractivity contribution is 5.92. The molecule has 2 heterocycles. The van der Waals surface area contributed by atoms with Gasteiger partial charge < -0.3 is 15.0 Å². The summed E-state index contributed by atoms with van der Waals surface area (Å²) in [5, 5.41) is 10.3. The average molecular weight is 309 g/mol. The number of aromatic nitrogens is 3. The number of nitrogens with zero attached hydrogens (tertiary/aromatic N) is 4. The van der Waals surface area contributed by atoms with E-state index in [9.17, 15) is 9.59 Å². The lowest BCUT2D eigenvalue weighted by molar-refractivity contribution is 0.0446. The third-order valence-corrected chi connectivity index (χ3v) is 3.71. The minimum absolute atomic E-state index is 0.102. The fourth-order valence-corrected chi connectivity index (χ4v) is 2.57. The van der Waals surface area contributed by atoms with E-state index in [2.05, 4.69) is 15.6 Å². The van der Waals surface area contributed by atoms with Gasteiger partial charge >= 0.3 is 6.09 Å². The van der Waals surface area contributed by atoms with Gasteiger partial charge in [0.15, 0.2) is 5.69 Å². The van der Waals surface area contributed by atoms with Crippen molar-refractivity contribution in [3.05, 3.63) is 11.9 Å². The van der Waals surface area contributed by atoms with Crippen LogP contribution in [-0.2, 0) is 11.3 Å². The van der Waals surface area contributed by atoms with Crippen molar-refractivity contribution in [1.82, 2.24) is 25.2 Å². The second-order valence-electron chi connectivity index (χ2n) is 5.36. The monoisotopic (exact) mass is 309 g/mol. The molecule has 0 aromatic carbocycles. The Morgan fingerprint density at radius 2 is 2.27 bits per heavy atom. The first-order valence-corrected chi connectivity index (χ1v) is 7.71. The van der Waals surface area contributed by atoms with Crippen molar-refractivity contribution in [3.8, 4) is 0 Å². The molecule has 1 saturated heterocycles. The van der Waals surface area contributed by atoms with Gasteiger partial charge in [0.25, 0.3) is 5.91 Å². The Balaban J connectivity index is 2.02. The third-order valence-electron chi connectivity index (χ3n) is 3.71. The summed E-state index contributed by atoms with van der Waals surface area (Å²) in [6.45, 7) is 3.64. The molecular formula is C14H23N5O3. The molecule has 1 unspecified atom stereocenters. The number of alkyl carbamates (subject to hydrolysis) is 1. The quantitative estimate of drug-likeness (QED) is 0.877. The molecule has 0 bridgehead atoms. The topological polar surface area (TPSA) is 89.4 Å². The van der Waals surface area contributed by atoms with E-state index < -0.39 is 6.09 Å². The zero-order chi connectivity index (χ0) is 15.9. The van der Waals surface area contributed by atoms with Crippen molar-refractivity contribution < 1.29 is 14.3 Å². The van der Waals surface area contributed by atoms with Crippen molar-refractivity contribution in [2.45, 2.75) is 45.2 Å². The summed E-state index contributed by atoms with van der Waals surface area (Å²) in [6.07, 6.45) is 4.93. The predicted octanol–water partition coefficient (Wildman–Crippen LogP) is 1.04. The molecule has 1 N–H and O–H groups in total. The van der Waals surface area contributed by atoms with Crippen LogP contribution in [0.1, 0.15) is 43.1 Å². The molecule has 1 aromatic rings. The number of amides is 2. The van der Waals surface area contributed by atoms with Crippen molar-refractivity contribution in [2.75, 3.05) is 20.2 Å². The first-order valence-electron chi connectivity index (χ1n) is 7.71. The van der Waals surface area contributed by atoms with Crippen molar-refractivity contribution in [2.24, 2.45) is 0 Å². The van der Waals surface area contributed by atoms with Gasteiger partial charge in [0.1, 0.15) is 6.61 Å². The van der Waals surface area contributed by atoms with E-state index in [1.165, 1.54) is 7.05 Å². The highest BCUT2D eigenvalue weighted by atomic mass is 16.5. The number of aryl methyl sites for hydroxylation is 1. The molecule has 1 aliphatic rings. The minimum Gasteiger partial charge on any atom is -0.447 e. The Kier molecular flexibility index (Phi) is 5.74. The van der Waals surface area contributed by atoms with Crippen LogP contribution in [0.15, 0.2) is 6.20 Å². The van der Waals surface area contributed by atoms with Crippen LogP contribution in [-0.4, -0.2) is 58.1 Å². The molecule has 2 amide bonds. The number of carbonyl (C=O) groups excluding carboxylic acids is 2. The number of piperidine rings is 1. The molecule has 1 aliphatic heterocycles. The zero-order valence-corrected chi connectivity index (χ0v) is 13.1. The van der Waals surface area contributed by atoms with Crippen LogP contribution in [0.2, 0.25) is 0 Å².